The molecule has 0 radical (unpaired) electrons. The van der Waals surface area contributed by atoms with Crippen molar-refractivity contribution in [1.29, 1.82) is 0 Å². The molecule has 0 aliphatic heterocycles. The van der Waals surface area contributed by atoms with Gasteiger partial charge in [0.15, 0.2) is 0 Å². The van der Waals surface area contributed by atoms with Crippen LogP contribution < -0.4 is 9.80 Å². The molecule has 9 aromatic carbocycles. The fourth-order valence-corrected chi connectivity index (χ4v) is 7.73. The molecule has 2 nitrogen and oxygen atoms in total. The van der Waals surface area contributed by atoms with Crippen LogP contribution in [0.2, 0.25) is 0 Å². The lowest BCUT2D eigenvalue weighted by Crippen LogP contribution is -2.13. The first-order chi connectivity index (χ1) is 24.5. The van der Waals surface area contributed by atoms with Gasteiger partial charge in [0.2, 0.25) is 0 Å². The maximum atomic E-state index is 2.46. The molecule has 9 aromatic rings. The molecule has 50 heavy (non-hydrogen) atoms. The summed E-state index contributed by atoms with van der Waals surface area (Å²) in [5, 5.41) is 10.3. The zero-order chi connectivity index (χ0) is 33.8. The van der Waals surface area contributed by atoms with E-state index in [0.29, 0.717) is 0 Å². The van der Waals surface area contributed by atoms with Crippen molar-refractivity contribution in [1.82, 2.24) is 0 Å². The van der Waals surface area contributed by atoms with Gasteiger partial charge in [-0.25, -0.2) is 0 Å². The number of hydrogen-bond acceptors (Lipinski definition) is 2. The van der Waals surface area contributed by atoms with Crippen LogP contribution in [0.5, 0.6) is 0 Å². The summed E-state index contributed by atoms with van der Waals surface area (Å²) in [6.45, 7) is 6.97. The molecule has 0 heterocycles. The quantitative estimate of drug-likeness (QED) is 0.132. The maximum absolute atomic E-state index is 2.46. The molecule has 0 saturated heterocycles. The van der Waals surface area contributed by atoms with Crippen LogP contribution in [0.25, 0.3) is 43.1 Å². The third-order valence-electron chi connectivity index (χ3n) is 10.1. The number of benzene rings is 9. The molecular weight excluding hydrogens is 605 g/mol. The van der Waals surface area contributed by atoms with Gasteiger partial charge in [-0.15, -0.1) is 0 Å². The molecule has 0 N–H and O–H groups in total. The van der Waals surface area contributed by atoms with E-state index in [1.807, 2.05) is 0 Å². The summed E-state index contributed by atoms with van der Waals surface area (Å²) in [5.41, 5.74) is 8.19. The summed E-state index contributed by atoms with van der Waals surface area (Å²) in [6.07, 6.45) is 0. The summed E-state index contributed by atoms with van der Waals surface area (Å²) in [5.74, 6) is 0. The van der Waals surface area contributed by atoms with Crippen molar-refractivity contribution in [3.8, 4) is 0 Å². The smallest absolute Gasteiger partial charge is 0.0540 e. The van der Waals surface area contributed by atoms with Gasteiger partial charge in [-0.05, 0) is 116 Å². The van der Waals surface area contributed by atoms with E-state index in [1.54, 1.807) is 0 Å². The van der Waals surface area contributed by atoms with Gasteiger partial charge in [0, 0.05) is 33.5 Å². The van der Waals surface area contributed by atoms with Crippen LogP contribution in [-0.2, 0) is 5.41 Å². The van der Waals surface area contributed by atoms with Crippen molar-refractivity contribution in [2.24, 2.45) is 0 Å². The minimum absolute atomic E-state index is 0.0459. The number of nitrogens with zero attached hydrogens (tertiary/aromatic N) is 2. The molecule has 0 aliphatic rings. The lowest BCUT2D eigenvalue weighted by atomic mass is 9.81. The average molecular weight is 643 g/mol. The molecule has 9 rings (SSSR count). The van der Waals surface area contributed by atoms with E-state index in [-0.39, 0.29) is 5.41 Å². The van der Waals surface area contributed by atoms with Crippen molar-refractivity contribution in [2.75, 3.05) is 9.80 Å². The standard InChI is InChI=1S/C48H38N2/c1-48(2,3)33-31-42-40-28-29-44(49(34-17-8-4-9-18-34)35-19-10-5-11-20-35)41-26-16-25-38(46(40)41)39-27-30-45(43(32-33)47(39)42)50(36-21-12-6-13-22-36)37-23-14-7-15-24-37/h4-32H,1-3H3. The predicted octanol–water partition coefficient (Wildman–Crippen LogP) is 14.0. The molecule has 240 valence electrons. The second-order valence-electron chi connectivity index (χ2n) is 14.2. The zero-order valence-electron chi connectivity index (χ0n) is 28.6. The van der Waals surface area contributed by atoms with Crippen LogP contribution in [0, 0.1) is 0 Å². The first kappa shape index (κ1) is 30.0. The molecule has 0 amide bonds. The number of fused-ring (bicyclic) bond motifs is 2. The van der Waals surface area contributed by atoms with Crippen LogP contribution in [-0.4, -0.2) is 0 Å². The van der Waals surface area contributed by atoms with E-state index >= 15 is 0 Å². The first-order valence-corrected chi connectivity index (χ1v) is 17.5. The lowest BCUT2D eigenvalue weighted by molar-refractivity contribution is 0.592. The molecule has 0 fully saturated rings. The number of para-hydroxylation sites is 4. The van der Waals surface area contributed by atoms with E-state index < -0.39 is 0 Å². The van der Waals surface area contributed by atoms with Gasteiger partial charge >= 0.3 is 0 Å². The minimum Gasteiger partial charge on any atom is -0.310 e. The van der Waals surface area contributed by atoms with E-state index in [2.05, 4.69) is 206 Å². The van der Waals surface area contributed by atoms with Gasteiger partial charge < -0.3 is 9.80 Å². The Balaban J connectivity index is 1.39. The van der Waals surface area contributed by atoms with Crippen molar-refractivity contribution in [2.45, 2.75) is 26.2 Å². The lowest BCUT2D eigenvalue weighted by Gasteiger charge is -2.30. The van der Waals surface area contributed by atoms with E-state index in [1.165, 1.54) is 60.0 Å². The number of anilines is 6. The van der Waals surface area contributed by atoms with Crippen LogP contribution in [0.1, 0.15) is 26.3 Å². The van der Waals surface area contributed by atoms with E-state index in [9.17, 15) is 0 Å². The highest BCUT2D eigenvalue weighted by atomic mass is 15.1. The van der Waals surface area contributed by atoms with Crippen LogP contribution >= 0.6 is 0 Å². The Morgan fingerprint density at radius 3 is 1.14 bits per heavy atom. The average Bonchev–Trinajstić information content (AvgIpc) is 3.16. The normalized spacial score (nSPS) is 11.9. The van der Waals surface area contributed by atoms with Crippen LogP contribution in [0.4, 0.5) is 34.1 Å². The minimum atomic E-state index is -0.0459. The summed E-state index contributed by atoms with van der Waals surface area (Å²) >= 11 is 0. The zero-order valence-corrected chi connectivity index (χ0v) is 28.6. The fraction of sp³-hybridized carbons (Fsp3) is 0.0833. The Morgan fingerprint density at radius 2 is 0.680 bits per heavy atom. The van der Waals surface area contributed by atoms with Crippen LogP contribution in [0.15, 0.2) is 176 Å². The SMILES string of the molecule is CC(C)(C)c1cc2c(N(c3ccccc3)c3ccccc3)ccc3c4cccc5c(N(c6ccccc6)c6ccccc6)ccc(c(c1)c23)c54. The highest BCUT2D eigenvalue weighted by Gasteiger charge is 2.25. The Morgan fingerprint density at radius 1 is 0.320 bits per heavy atom. The number of rotatable bonds is 6. The Labute approximate surface area is 293 Å². The Bertz CT molecular complexity index is 2530. The third-order valence-corrected chi connectivity index (χ3v) is 10.1. The van der Waals surface area contributed by atoms with Gasteiger partial charge in [0.1, 0.15) is 0 Å². The molecule has 0 aliphatic carbocycles. The van der Waals surface area contributed by atoms with Gasteiger partial charge in [-0.3, -0.25) is 0 Å². The molecule has 0 aromatic heterocycles. The molecule has 0 unspecified atom stereocenters. The summed E-state index contributed by atoms with van der Waals surface area (Å²) in [6, 6.07) is 64.0. The van der Waals surface area contributed by atoms with Crippen LogP contribution in [0.3, 0.4) is 0 Å². The van der Waals surface area contributed by atoms with Gasteiger partial charge in [0.05, 0.1) is 11.4 Å². The fourth-order valence-electron chi connectivity index (χ4n) is 7.73. The molecule has 0 saturated carbocycles. The number of hydrogen-bond donors (Lipinski definition) is 0. The van der Waals surface area contributed by atoms with Gasteiger partial charge in [-0.1, -0.05) is 124 Å². The van der Waals surface area contributed by atoms with Crippen molar-refractivity contribution in [3.05, 3.63) is 181 Å². The maximum Gasteiger partial charge on any atom is 0.0540 e. The monoisotopic (exact) mass is 642 g/mol. The second kappa shape index (κ2) is 11.8. The predicted molar refractivity (Wildman–Crippen MR) is 216 cm³/mol. The van der Waals surface area contributed by atoms with Crippen molar-refractivity contribution in [3.63, 3.8) is 0 Å². The summed E-state index contributed by atoms with van der Waals surface area (Å²) in [7, 11) is 0. The summed E-state index contributed by atoms with van der Waals surface area (Å²) in [4.78, 5) is 4.80. The highest BCUT2D eigenvalue weighted by Crippen LogP contribution is 2.49. The van der Waals surface area contributed by atoms with E-state index in [4.69, 9.17) is 0 Å². The van der Waals surface area contributed by atoms with Gasteiger partial charge in [0.25, 0.3) is 0 Å². The van der Waals surface area contributed by atoms with Crippen molar-refractivity contribution >= 4 is 77.2 Å². The third kappa shape index (κ3) is 4.87. The molecular formula is C48H38N2. The Kier molecular flexibility index (Phi) is 7.07. The largest absolute Gasteiger partial charge is 0.310 e. The first-order valence-electron chi connectivity index (χ1n) is 17.5. The second-order valence-corrected chi connectivity index (χ2v) is 14.2. The molecule has 0 atom stereocenters. The summed E-state index contributed by atoms with van der Waals surface area (Å²) < 4.78 is 0. The molecule has 2 heteroatoms. The molecule has 0 spiro atoms. The topological polar surface area (TPSA) is 6.48 Å². The van der Waals surface area contributed by atoms with E-state index in [0.717, 1.165) is 22.7 Å². The highest BCUT2D eigenvalue weighted by molar-refractivity contribution is 6.35. The van der Waals surface area contributed by atoms with Gasteiger partial charge in [-0.2, -0.15) is 0 Å². The van der Waals surface area contributed by atoms with Crippen molar-refractivity contribution < 1.29 is 0 Å². The Hall–Kier alpha value is -6.12. The molecule has 0 bridgehead atoms.